The van der Waals surface area contributed by atoms with E-state index in [2.05, 4.69) is 32.0 Å². The minimum absolute atomic E-state index is 0.399. The molecular formula is C12H16O. The second-order valence-electron chi connectivity index (χ2n) is 3.56. The summed E-state index contributed by atoms with van der Waals surface area (Å²) < 4.78 is 5.27. The monoisotopic (exact) mass is 176 g/mol. The number of hydrogen-bond acceptors (Lipinski definition) is 1. The van der Waals surface area contributed by atoms with Crippen molar-refractivity contribution < 1.29 is 4.74 Å². The fourth-order valence-electron chi connectivity index (χ4n) is 1.76. The van der Waals surface area contributed by atoms with Crippen LogP contribution in [-0.4, -0.2) is 6.61 Å². The summed E-state index contributed by atoms with van der Waals surface area (Å²) in [5, 5.41) is 0. The molecule has 1 unspecified atom stereocenters. The van der Waals surface area contributed by atoms with Gasteiger partial charge in [0.05, 0.1) is 6.61 Å². The molecule has 0 aromatic heterocycles. The number of hydrogen-bond donors (Lipinski definition) is 0. The SMILES string of the molecule is CCc1ccc(C2CO2)cc1CC. The lowest BCUT2D eigenvalue weighted by atomic mass is 9.99. The molecule has 1 atom stereocenters. The molecule has 0 spiro atoms. The van der Waals surface area contributed by atoms with Gasteiger partial charge in [0.25, 0.3) is 0 Å². The van der Waals surface area contributed by atoms with E-state index in [1.807, 2.05) is 0 Å². The van der Waals surface area contributed by atoms with Crippen LogP contribution >= 0.6 is 0 Å². The predicted molar refractivity (Wildman–Crippen MR) is 53.9 cm³/mol. The summed E-state index contributed by atoms with van der Waals surface area (Å²) >= 11 is 0. The lowest BCUT2D eigenvalue weighted by molar-refractivity contribution is 0.415. The van der Waals surface area contributed by atoms with Gasteiger partial charge in [-0.1, -0.05) is 32.0 Å². The molecule has 1 aromatic rings. The Hall–Kier alpha value is -0.820. The Bertz CT molecular complexity index is 300. The first-order valence-corrected chi connectivity index (χ1v) is 5.08. The first kappa shape index (κ1) is 8.76. The normalized spacial score (nSPS) is 20.3. The first-order chi connectivity index (χ1) is 6.35. The second kappa shape index (κ2) is 3.51. The molecule has 1 aliphatic rings. The van der Waals surface area contributed by atoms with E-state index in [-0.39, 0.29) is 0 Å². The summed E-state index contributed by atoms with van der Waals surface area (Å²) in [4.78, 5) is 0. The van der Waals surface area contributed by atoms with Gasteiger partial charge >= 0.3 is 0 Å². The molecule has 0 aliphatic carbocycles. The Morgan fingerprint density at radius 1 is 1.23 bits per heavy atom. The maximum Gasteiger partial charge on any atom is 0.106 e. The van der Waals surface area contributed by atoms with Gasteiger partial charge in [-0.3, -0.25) is 0 Å². The molecule has 0 N–H and O–H groups in total. The zero-order valence-electron chi connectivity index (χ0n) is 8.34. The van der Waals surface area contributed by atoms with E-state index in [0.717, 1.165) is 19.4 Å². The fraction of sp³-hybridized carbons (Fsp3) is 0.500. The minimum Gasteiger partial charge on any atom is -0.368 e. The predicted octanol–water partition coefficient (Wildman–Crippen LogP) is 2.88. The third kappa shape index (κ3) is 1.75. The van der Waals surface area contributed by atoms with Crippen molar-refractivity contribution in [3.63, 3.8) is 0 Å². The van der Waals surface area contributed by atoms with Crippen molar-refractivity contribution in [2.24, 2.45) is 0 Å². The quantitative estimate of drug-likeness (QED) is 0.645. The fourth-order valence-corrected chi connectivity index (χ4v) is 1.76. The Morgan fingerprint density at radius 2 is 1.92 bits per heavy atom. The van der Waals surface area contributed by atoms with Gasteiger partial charge in [0.2, 0.25) is 0 Å². The van der Waals surface area contributed by atoms with E-state index in [9.17, 15) is 0 Å². The molecular weight excluding hydrogens is 160 g/mol. The molecule has 70 valence electrons. The van der Waals surface area contributed by atoms with Crippen LogP contribution in [0.5, 0.6) is 0 Å². The standard InChI is InChI=1S/C12H16O/c1-3-9-5-6-11(12-8-13-12)7-10(9)4-2/h5-7,12H,3-4,8H2,1-2H3. The Labute approximate surface area is 79.7 Å². The smallest absolute Gasteiger partial charge is 0.106 e. The van der Waals surface area contributed by atoms with Crippen LogP contribution in [0.25, 0.3) is 0 Å². The topological polar surface area (TPSA) is 12.5 Å². The van der Waals surface area contributed by atoms with Crippen molar-refractivity contribution in [3.05, 3.63) is 34.9 Å². The van der Waals surface area contributed by atoms with Crippen LogP contribution in [0.1, 0.15) is 36.6 Å². The molecule has 0 radical (unpaired) electrons. The van der Waals surface area contributed by atoms with Gasteiger partial charge in [0, 0.05) is 0 Å². The zero-order chi connectivity index (χ0) is 9.26. The van der Waals surface area contributed by atoms with Crippen LogP contribution < -0.4 is 0 Å². The van der Waals surface area contributed by atoms with Crippen LogP contribution in [-0.2, 0) is 17.6 Å². The van der Waals surface area contributed by atoms with Crippen LogP contribution in [0, 0.1) is 0 Å². The highest BCUT2D eigenvalue weighted by atomic mass is 16.6. The largest absolute Gasteiger partial charge is 0.368 e. The van der Waals surface area contributed by atoms with Crippen LogP contribution in [0.15, 0.2) is 18.2 Å². The van der Waals surface area contributed by atoms with Gasteiger partial charge in [0.1, 0.15) is 6.10 Å². The Kier molecular flexibility index (Phi) is 2.36. The van der Waals surface area contributed by atoms with E-state index < -0.39 is 0 Å². The maximum absolute atomic E-state index is 5.27. The molecule has 0 bridgehead atoms. The molecule has 1 heteroatoms. The molecule has 1 heterocycles. The van der Waals surface area contributed by atoms with Crippen molar-refractivity contribution in [2.75, 3.05) is 6.61 Å². The average Bonchev–Trinajstić information content (AvgIpc) is 3.00. The Morgan fingerprint density at radius 3 is 2.46 bits per heavy atom. The maximum atomic E-state index is 5.27. The Balaban J connectivity index is 2.31. The molecule has 13 heavy (non-hydrogen) atoms. The van der Waals surface area contributed by atoms with Crippen LogP contribution in [0.3, 0.4) is 0 Å². The highest BCUT2D eigenvalue weighted by Crippen LogP contribution is 2.31. The third-order valence-electron chi connectivity index (χ3n) is 2.70. The summed E-state index contributed by atoms with van der Waals surface area (Å²) in [6.45, 7) is 5.34. The van der Waals surface area contributed by atoms with Gasteiger partial charge < -0.3 is 4.74 Å². The van der Waals surface area contributed by atoms with E-state index in [1.165, 1.54) is 16.7 Å². The number of ether oxygens (including phenoxy) is 1. The first-order valence-electron chi connectivity index (χ1n) is 5.08. The molecule has 0 saturated carbocycles. The van der Waals surface area contributed by atoms with Crippen molar-refractivity contribution in [2.45, 2.75) is 32.8 Å². The van der Waals surface area contributed by atoms with Gasteiger partial charge in [-0.2, -0.15) is 0 Å². The number of epoxide rings is 1. The molecule has 1 aromatic carbocycles. The van der Waals surface area contributed by atoms with Crippen LogP contribution in [0.4, 0.5) is 0 Å². The van der Waals surface area contributed by atoms with Gasteiger partial charge in [0.15, 0.2) is 0 Å². The van der Waals surface area contributed by atoms with Gasteiger partial charge in [-0.15, -0.1) is 0 Å². The van der Waals surface area contributed by atoms with Crippen molar-refractivity contribution in [1.29, 1.82) is 0 Å². The number of aryl methyl sites for hydroxylation is 2. The molecule has 0 amide bonds. The van der Waals surface area contributed by atoms with Crippen molar-refractivity contribution in [1.82, 2.24) is 0 Å². The number of rotatable bonds is 3. The van der Waals surface area contributed by atoms with E-state index in [1.54, 1.807) is 0 Å². The lowest BCUT2D eigenvalue weighted by Crippen LogP contribution is -1.93. The van der Waals surface area contributed by atoms with E-state index in [4.69, 9.17) is 4.74 Å². The molecule has 2 rings (SSSR count). The summed E-state index contributed by atoms with van der Waals surface area (Å²) in [5.41, 5.74) is 4.32. The van der Waals surface area contributed by atoms with Crippen molar-refractivity contribution >= 4 is 0 Å². The lowest BCUT2D eigenvalue weighted by Gasteiger charge is -2.06. The molecule has 1 nitrogen and oxygen atoms in total. The van der Waals surface area contributed by atoms with E-state index in [0.29, 0.717) is 6.10 Å². The molecule has 1 aliphatic heterocycles. The summed E-state index contributed by atoms with van der Waals surface area (Å²) in [7, 11) is 0. The van der Waals surface area contributed by atoms with Gasteiger partial charge in [-0.25, -0.2) is 0 Å². The molecule has 1 saturated heterocycles. The highest BCUT2D eigenvalue weighted by molar-refractivity contribution is 5.34. The average molecular weight is 176 g/mol. The second-order valence-corrected chi connectivity index (χ2v) is 3.56. The molecule has 1 fully saturated rings. The van der Waals surface area contributed by atoms with Crippen LogP contribution in [0.2, 0.25) is 0 Å². The summed E-state index contributed by atoms with van der Waals surface area (Å²) in [6.07, 6.45) is 2.66. The zero-order valence-corrected chi connectivity index (χ0v) is 8.34. The summed E-state index contributed by atoms with van der Waals surface area (Å²) in [5.74, 6) is 0. The van der Waals surface area contributed by atoms with Gasteiger partial charge in [-0.05, 0) is 29.5 Å². The third-order valence-corrected chi connectivity index (χ3v) is 2.70. The summed E-state index contributed by atoms with van der Waals surface area (Å²) in [6, 6.07) is 6.75. The van der Waals surface area contributed by atoms with Crippen molar-refractivity contribution in [3.8, 4) is 0 Å². The highest BCUT2D eigenvalue weighted by Gasteiger charge is 2.24. The minimum atomic E-state index is 0.399. The van der Waals surface area contributed by atoms with E-state index >= 15 is 0 Å². The number of benzene rings is 1.